The SMILES string of the molecule is O=C(CCN1C(=O)C(=Cc2cccc(-c3cc(C(F)(F)F)cc(C(F)(F)F)c3)n2)SC1=S)NCc1cccc(C(=O)O)c1. The Bertz CT molecular complexity index is 1610. The molecule has 0 spiro atoms. The van der Waals surface area contributed by atoms with Crippen LogP contribution < -0.4 is 5.32 Å². The molecule has 0 unspecified atom stereocenters. The minimum Gasteiger partial charge on any atom is -0.478 e. The number of thiocarbonyl (C=S) groups is 1. The van der Waals surface area contributed by atoms with Crippen molar-refractivity contribution in [2.45, 2.75) is 25.3 Å². The number of rotatable bonds is 8. The van der Waals surface area contributed by atoms with E-state index in [0.717, 1.165) is 11.8 Å². The molecule has 2 aromatic carbocycles. The number of nitrogens with zero attached hydrogens (tertiary/aromatic N) is 2. The highest BCUT2D eigenvalue weighted by Gasteiger charge is 2.37. The average Bonchev–Trinajstić information content (AvgIpc) is 3.21. The number of carboxylic acids is 1. The van der Waals surface area contributed by atoms with Crippen LogP contribution in [0, 0.1) is 0 Å². The van der Waals surface area contributed by atoms with Gasteiger partial charge in [0.2, 0.25) is 5.91 Å². The number of carbonyl (C=O) groups excluding carboxylic acids is 2. The number of aromatic carboxylic acids is 1. The van der Waals surface area contributed by atoms with Crippen molar-refractivity contribution in [1.82, 2.24) is 15.2 Å². The van der Waals surface area contributed by atoms with Crippen LogP contribution in [0.25, 0.3) is 17.3 Å². The van der Waals surface area contributed by atoms with Gasteiger partial charge in [-0.2, -0.15) is 26.3 Å². The molecule has 0 radical (unpaired) electrons. The van der Waals surface area contributed by atoms with Gasteiger partial charge in [0.1, 0.15) is 4.32 Å². The van der Waals surface area contributed by atoms with E-state index < -0.39 is 46.8 Å². The van der Waals surface area contributed by atoms with Crippen molar-refractivity contribution in [2.75, 3.05) is 6.54 Å². The predicted molar refractivity (Wildman–Crippen MR) is 149 cm³/mol. The number of pyridine rings is 1. The number of benzene rings is 2. The zero-order valence-electron chi connectivity index (χ0n) is 21.6. The number of halogens is 6. The minimum absolute atomic E-state index is 0.0236. The largest absolute Gasteiger partial charge is 0.478 e. The van der Waals surface area contributed by atoms with E-state index in [4.69, 9.17) is 17.3 Å². The van der Waals surface area contributed by atoms with Gasteiger partial charge in [-0.15, -0.1) is 0 Å². The van der Waals surface area contributed by atoms with Crippen LogP contribution in [0.3, 0.4) is 0 Å². The number of carboxylic acid groups (broad SMARTS) is 1. The Hall–Kier alpha value is -4.24. The molecular weight excluding hydrogens is 620 g/mol. The normalized spacial score (nSPS) is 14.8. The molecule has 0 saturated carbocycles. The van der Waals surface area contributed by atoms with Crippen LogP contribution in [0.4, 0.5) is 26.3 Å². The van der Waals surface area contributed by atoms with Crippen molar-refractivity contribution in [3.05, 3.63) is 93.5 Å². The molecule has 2 amide bonds. The number of carbonyl (C=O) groups is 3. The van der Waals surface area contributed by atoms with Crippen molar-refractivity contribution < 1.29 is 45.8 Å². The summed E-state index contributed by atoms with van der Waals surface area (Å²) >= 11 is 6.15. The second kappa shape index (κ2) is 12.6. The molecule has 1 aliphatic rings. The van der Waals surface area contributed by atoms with Gasteiger partial charge in [-0.3, -0.25) is 14.5 Å². The van der Waals surface area contributed by atoms with Gasteiger partial charge in [0.15, 0.2) is 0 Å². The summed E-state index contributed by atoms with van der Waals surface area (Å²) in [6, 6.07) is 11.2. The fourth-order valence-electron chi connectivity index (χ4n) is 3.94. The monoisotopic (exact) mass is 639 g/mol. The topological polar surface area (TPSA) is 99.6 Å². The standard InChI is InChI=1S/C28H19F6N3O4S2/c29-27(30,31)18-10-17(11-19(12-18)28(32,33)34)21-6-2-5-20(36-21)13-22-24(39)37(26(42)43-22)8-7-23(38)35-14-15-3-1-4-16(9-15)25(40)41/h1-6,9-13H,7-8,14H2,(H,35,38)(H,40,41). The van der Waals surface area contributed by atoms with Crippen LogP contribution in [-0.2, 0) is 28.5 Å². The zero-order chi connectivity index (χ0) is 31.5. The number of alkyl halides is 6. The lowest BCUT2D eigenvalue weighted by Crippen LogP contribution is -2.33. The number of amides is 2. The molecule has 0 aliphatic carbocycles. The molecule has 15 heteroatoms. The Kier molecular flexibility index (Phi) is 9.25. The maximum Gasteiger partial charge on any atom is 0.416 e. The number of hydrogen-bond donors (Lipinski definition) is 2. The Morgan fingerprint density at radius 3 is 2.26 bits per heavy atom. The van der Waals surface area contributed by atoms with Gasteiger partial charge in [0.05, 0.1) is 33.0 Å². The summed E-state index contributed by atoms with van der Waals surface area (Å²) in [7, 11) is 0. The van der Waals surface area contributed by atoms with Gasteiger partial charge >= 0.3 is 18.3 Å². The average molecular weight is 640 g/mol. The first kappa shape index (κ1) is 31.7. The summed E-state index contributed by atoms with van der Waals surface area (Å²) in [6.07, 6.45) is -8.87. The lowest BCUT2D eigenvalue weighted by molar-refractivity contribution is -0.143. The van der Waals surface area contributed by atoms with Crippen molar-refractivity contribution in [3.63, 3.8) is 0 Å². The highest BCUT2D eigenvalue weighted by Crippen LogP contribution is 2.38. The molecule has 2 heterocycles. The van der Waals surface area contributed by atoms with Crippen LogP contribution in [-0.4, -0.2) is 43.6 Å². The molecule has 7 nitrogen and oxygen atoms in total. The lowest BCUT2D eigenvalue weighted by Gasteiger charge is -2.14. The smallest absolute Gasteiger partial charge is 0.416 e. The van der Waals surface area contributed by atoms with Crippen LogP contribution in [0.5, 0.6) is 0 Å². The third-order valence-corrected chi connectivity index (χ3v) is 7.41. The van der Waals surface area contributed by atoms with Crippen LogP contribution in [0.1, 0.15) is 39.2 Å². The van der Waals surface area contributed by atoms with Crippen LogP contribution >= 0.6 is 24.0 Å². The second-order valence-electron chi connectivity index (χ2n) is 9.11. The molecule has 2 N–H and O–H groups in total. The summed E-state index contributed by atoms with van der Waals surface area (Å²) in [5.74, 6) is -2.08. The van der Waals surface area contributed by atoms with Gasteiger partial charge in [-0.25, -0.2) is 9.78 Å². The molecule has 43 heavy (non-hydrogen) atoms. The third-order valence-electron chi connectivity index (χ3n) is 6.03. The summed E-state index contributed by atoms with van der Waals surface area (Å²) in [6.45, 7) is -0.00245. The maximum atomic E-state index is 13.3. The molecule has 0 bridgehead atoms. The molecule has 0 atom stereocenters. The number of aromatic nitrogens is 1. The van der Waals surface area contributed by atoms with Crippen molar-refractivity contribution in [1.29, 1.82) is 0 Å². The molecule has 224 valence electrons. The molecule has 1 fully saturated rings. The van der Waals surface area contributed by atoms with E-state index >= 15 is 0 Å². The minimum atomic E-state index is -5.02. The fourth-order valence-corrected chi connectivity index (χ4v) is 5.23. The Morgan fingerprint density at radius 1 is 0.977 bits per heavy atom. The maximum absolute atomic E-state index is 13.3. The molecular formula is C28H19F6N3O4S2. The second-order valence-corrected chi connectivity index (χ2v) is 10.8. The number of thioether (sulfide) groups is 1. The van der Waals surface area contributed by atoms with E-state index in [1.165, 1.54) is 41.3 Å². The number of hydrogen-bond acceptors (Lipinski definition) is 6. The van der Waals surface area contributed by atoms with E-state index in [1.807, 2.05) is 0 Å². The first-order valence-corrected chi connectivity index (χ1v) is 13.5. The van der Waals surface area contributed by atoms with Crippen molar-refractivity contribution >= 4 is 52.2 Å². The molecule has 4 rings (SSSR count). The Morgan fingerprint density at radius 2 is 1.63 bits per heavy atom. The molecule has 1 saturated heterocycles. The van der Waals surface area contributed by atoms with E-state index in [-0.39, 0.29) is 51.8 Å². The van der Waals surface area contributed by atoms with Gasteiger partial charge in [-0.05, 0) is 54.1 Å². The summed E-state index contributed by atoms with van der Waals surface area (Å²) in [5, 5.41) is 11.7. The van der Waals surface area contributed by atoms with Crippen LogP contribution in [0.2, 0.25) is 0 Å². The summed E-state index contributed by atoms with van der Waals surface area (Å²) in [5.41, 5.74) is -2.83. The Balaban J connectivity index is 1.45. The van der Waals surface area contributed by atoms with Gasteiger partial charge in [0.25, 0.3) is 5.91 Å². The zero-order valence-corrected chi connectivity index (χ0v) is 23.3. The first-order chi connectivity index (χ1) is 20.1. The predicted octanol–water partition coefficient (Wildman–Crippen LogP) is 6.39. The van der Waals surface area contributed by atoms with Crippen molar-refractivity contribution in [2.24, 2.45) is 0 Å². The third kappa shape index (κ3) is 7.99. The number of nitrogens with one attached hydrogen (secondary N) is 1. The first-order valence-electron chi connectivity index (χ1n) is 12.2. The molecule has 3 aromatic rings. The quantitative estimate of drug-likeness (QED) is 0.167. The van der Waals surface area contributed by atoms with E-state index in [0.29, 0.717) is 17.7 Å². The van der Waals surface area contributed by atoms with E-state index in [2.05, 4.69) is 10.3 Å². The fraction of sp³-hybridized carbons (Fsp3) is 0.179. The lowest BCUT2D eigenvalue weighted by atomic mass is 10.0. The highest BCUT2D eigenvalue weighted by atomic mass is 32.2. The van der Waals surface area contributed by atoms with E-state index in [1.54, 1.807) is 12.1 Å². The van der Waals surface area contributed by atoms with Gasteiger partial charge < -0.3 is 10.4 Å². The summed E-state index contributed by atoms with van der Waals surface area (Å²) < 4.78 is 79.9. The molecule has 1 aliphatic heterocycles. The van der Waals surface area contributed by atoms with E-state index in [9.17, 15) is 40.7 Å². The van der Waals surface area contributed by atoms with Crippen LogP contribution in [0.15, 0.2) is 65.6 Å². The van der Waals surface area contributed by atoms with Gasteiger partial charge in [-0.1, -0.05) is 42.2 Å². The van der Waals surface area contributed by atoms with Gasteiger partial charge in [0, 0.05) is 25.1 Å². The Labute approximate surface area is 249 Å². The van der Waals surface area contributed by atoms with Crippen molar-refractivity contribution in [3.8, 4) is 11.3 Å². The summed E-state index contributed by atoms with van der Waals surface area (Å²) in [4.78, 5) is 41.8. The highest BCUT2D eigenvalue weighted by molar-refractivity contribution is 8.26. The molecule has 1 aromatic heterocycles.